The number of benzene rings is 2. The smallest absolute Gasteiger partial charge is 0.407 e. The molecular weight excluding hydrogens is 471 g/mol. The van der Waals surface area contributed by atoms with Crippen molar-refractivity contribution in [1.82, 2.24) is 20.3 Å². The van der Waals surface area contributed by atoms with Crippen LogP contribution in [0.1, 0.15) is 31.2 Å². The van der Waals surface area contributed by atoms with Crippen molar-refractivity contribution in [2.24, 2.45) is 0 Å². The summed E-state index contributed by atoms with van der Waals surface area (Å²) in [5, 5.41) is 6.25. The molecule has 36 heavy (non-hydrogen) atoms. The molecule has 1 aliphatic carbocycles. The van der Waals surface area contributed by atoms with E-state index in [2.05, 4.69) is 25.6 Å². The van der Waals surface area contributed by atoms with Crippen LogP contribution in [0, 0.1) is 17.5 Å². The molecule has 5 rings (SSSR count). The predicted molar refractivity (Wildman–Crippen MR) is 129 cm³/mol. The third-order valence-corrected chi connectivity index (χ3v) is 6.24. The number of fused-ring (bicyclic) bond motifs is 1. The molecule has 2 aromatic heterocycles. The van der Waals surface area contributed by atoms with E-state index in [9.17, 15) is 18.0 Å². The van der Waals surface area contributed by atoms with E-state index in [1.54, 1.807) is 0 Å². The number of rotatable bonds is 6. The number of carbonyl (C=O) groups excluding carboxylic acids is 1. The molecule has 2 atom stereocenters. The Morgan fingerprint density at radius 1 is 1.08 bits per heavy atom. The first-order valence-electron chi connectivity index (χ1n) is 11.7. The average molecular weight is 496 g/mol. The van der Waals surface area contributed by atoms with Crippen LogP contribution in [0.2, 0.25) is 0 Å². The van der Waals surface area contributed by atoms with Gasteiger partial charge in [-0.25, -0.2) is 27.9 Å². The number of nitrogens with zero attached hydrogens (tertiary/aromatic N) is 2. The van der Waals surface area contributed by atoms with Crippen LogP contribution >= 0.6 is 0 Å². The molecule has 0 aliphatic heterocycles. The number of alkyl carbamates (subject to hydrolysis) is 1. The van der Waals surface area contributed by atoms with Gasteiger partial charge in [-0.3, -0.25) is 0 Å². The van der Waals surface area contributed by atoms with Gasteiger partial charge in [-0.2, -0.15) is 0 Å². The molecule has 0 spiro atoms. The molecular formula is C26H24F3N5O2. The number of aromatic amines is 1. The molecule has 1 saturated carbocycles. The van der Waals surface area contributed by atoms with Gasteiger partial charge in [-0.1, -0.05) is 30.3 Å². The minimum absolute atomic E-state index is 0.0106. The first-order valence-corrected chi connectivity index (χ1v) is 11.7. The van der Waals surface area contributed by atoms with Crippen LogP contribution in [0.15, 0.2) is 54.9 Å². The maximum Gasteiger partial charge on any atom is 0.407 e. The van der Waals surface area contributed by atoms with E-state index in [4.69, 9.17) is 4.74 Å². The van der Waals surface area contributed by atoms with Gasteiger partial charge in [0.1, 0.15) is 18.2 Å². The number of ether oxygens (including phenoxy) is 1. The third-order valence-electron chi connectivity index (χ3n) is 6.24. The van der Waals surface area contributed by atoms with Crippen molar-refractivity contribution < 1.29 is 22.7 Å². The summed E-state index contributed by atoms with van der Waals surface area (Å²) in [4.78, 5) is 23.3. The molecule has 4 aromatic rings. The molecule has 2 aromatic carbocycles. The number of nitrogens with one attached hydrogen (secondary N) is 3. The Balaban J connectivity index is 1.25. The largest absolute Gasteiger partial charge is 0.445 e. The fraction of sp³-hybridized carbons (Fsp3) is 0.269. The second kappa shape index (κ2) is 10.3. The van der Waals surface area contributed by atoms with Crippen molar-refractivity contribution >= 4 is 22.8 Å². The van der Waals surface area contributed by atoms with Crippen LogP contribution in [-0.4, -0.2) is 33.1 Å². The van der Waals surface area contributed by atoms with Crippen LogP contribution in [-0.2, 0) is 11.3 Å². The van der Waals surface area contributed by atoms with Gasteiger partial charge < -0.3 is 20.4 Å². The molecule has 3 N–H and O–H groups in total. The molecule has 1 aliphatic rings. The van der Waals surface area contributed by atoms with Gasteiger partial charge in [0.2, 0.25) is 0 Å². The van der Waals surface area contributed by atoms with E-state index < -0.39 is 23.5 Å². The van der Waals surface area contributed by atoms with Gasteiger partial charge in [0, 0.05) is 35.3 Å². The standard InChI is InChI=1S/C26H24F3N5O2/c27-16-9-19-20(12-30-23(19)21(28)10-16)24-31-13-22(29)25(34-24)32-17-7-4-8-18(11-17)33-26(35)36-14-15-5-2-1-3-6-15/h1-3,5-6,9-10,12-13,17-18,30H,4,7-8,11,14H2,(H,33,35)(H,31,32,34)/t17-,18+/m1/s1. The third kappa shape index (κ3) is 5.27. The Morgan fingerprint density at radius 3 is 2.72 bits per heavy atom. The monoisotopic (exact) mass is 495 g/mol. The highest BCUT2D eigenvalue weighted by molar-refractivity contribution is 5.94. The number of halogens is 3. The maximum atomic E-state index is 14.6. The molecule has 2 heterocycles. The molecule has 10 heteroatoms. The van der Waals surface area contributed by atoms with Crippen molar-refractivity contribution in [2.45, 2.75) is 44.4 Å². The number of H-pyrrole nitrogens is 1. The predicted octanol–water partition coefficient (Wildman–Crippen LogP) is 5.69. The molecule has 0 radical (unpaired) electrons. The Labute approximate surface area is 205 Å². The van der Waals surface area contributed by atoms with Crippen LogP contribution in [0.4, 0.5) is 23.8 Å². The molecule has 0 unspecified atom stereocenters. The second-order valence-electron chi connectivity index (χ2n) is 8.81. The van der Waals surface area contributed by atoms with Crippen LogP contribution in [0.3, 0.4) is 0 Å². The minimum Gasteiger partial charge on any atom is -0.445 e. The fourth-order valence-corrected chi connectivity index (χ4v) is 4.51. The summed E-state index contributed by atoms with van der Waals surface area (Å²) in [6, 6.07) is 11.1. The number of hydrogen-bond donors (Lipinski definition) is 3. The Hall–Kier alpha value is -4.08. The number of hydrogen-bond acceptors (Lipinski definition) is 5. The lowest BCUT2D eigenvalue weighted by molar-refractivity contribution is 0.132. The number of aromatic nitrogens is 3. The molecule has 1 amide bonds. The van der Waals surface area contributed by atoms with Crippen molar-refractivity contribution in [1.29, 1.82) is 0 Å². The van der Waals surface area contributed by atoms with Crippen LogP contribution in [0.25, 0.3) is 22.3 Å². The van der Waals surface area contributed by atoms with E-state index in [1.165, 1.54) is 12.3 Å². The summed E-state index contributed by atoms with van der Waals surface area (Å²) in [7, 11) is 0. The lowest BCUT2D eigenvalue weighted by Gasteiger charge is -2.30. The molecule has 0 saturated heterocycles. The quantitative estimate of drug-likeness (QED) is 0.320. The molecule has 0 bridgehead atoms. The van der Waals surface area contributed by atoms with Gasteiger partial charge in [0.15, 0.2) is 17.5 Å². The van der Waals surface area contributed by atoms with E-state index in [0.29, 0.717) is 12.0 Å². The van der Waals surface area contributed by atoms with Crippen molar-refractivity contribution in [3.8, 4) is 11.4 Å². The highest BCUT2D eigenvalue weighted by atomic mass is 19.1. The zero-order valence-electron chi connectivity index (χ0n) is 19.2. The highest BCUT2D eigenvalue weighted by Gasteiger charge is 2.25. The highest BCUT2D eigenvalue weighted by Crippen LogP contribution is 2.30. The fourth-order valence-electron chi connectivity index (χ4n) is 4.51. The number of carbonyl (C=O) groups is 1. The molecule has 7 nitrogen and oxygen atoms in total. The summed E-state index contributed by atoms with van der Waals surface area (Å²) in [5.74, 6) is -1.99. The Morgan fingerprint density at radius 2 is 1.89 bits per heavy atom. The Kier molecular flexibility index (Phi) is 6.75. The summed E-state index contributed by atoms with van der Waals surface area (Å²) < 4.78 is 47.7. The van der Waals surface area contributed by atoms with E-state index >= 15 is 0 Å². The summed E-state index contributed by atoms with van der Waals surface area (Å²) in [6.45, 7) is 0.178. The molecule has 186 valence electrons. The number of amides is 1. The zero-order valence-corrected chi connectivity index (χ0v) is 19.2. The van der Waals surface area contributed by atoms with Crippen molar-refractivity contribution in [3.63, 3.8) is 0 Å². The lowest BCUT2D eigenvalue weighted by atomic mass is 9.91. The SMILES string of the molecule is O=C(N[C@H]1CCC[C@@H](Nc2nc(-c3c[nH]c4c(F)cc(F)cc34)ncc2F)C1)OCc1ccccc1. The lowest BCUT2D eigenvalue weighted by Crippen LogP contribution is -2.42. The van der Waals surface area contributed by atoms with E-state index in [-0.39, 0.29) is 41.2 Å². The van der Waals surface area contributed by atoms with Crippen LogP contribution < -0.4 is 10.6 Å². The van der Waals surface area contributed by atoms with E-state index in [1.807, 2.05) is 30.3 Å². The maximum absolute atomic E-state index is 14.6. The van der Waals surface area contributed by atoms with Gasteiger partial charge in [-0.15, -0.1) is 0 Å². The van der Waals surface area contributed by atoms with E-state index in [0.717, 1.165) is 37.1 Å². The summed E-state index contributed by atoms with van der Waals surface area (Å²) >= 11 is 0. The van der Waals surface area contributed by atoms with Gasteiger partial charge in [-0.05, 0) is 37.3 Å². The number of anilines is 1. The second-order valence-corrected chi connectivity index (χ2v) is 8.81. The first-order chi connectivity index (χ1) is 17.5. The minimum atomic E-state index is -0.736. The van der Waals surface area contributed by atoms with Crippen LogP contribution in [0.5, 0.6) is 0 Å². The van der Waals surface area contributed by atoms with Gasteiger partial charge in [0.25, 0.3) is 0 Å². The summed E-state index contributed by atoms with van der Waals surface area (Å²) in [6.07, 6.45) is 4.91. The van der Waals surface area contributed by atoms with Crippen molar-refractivity contribution in [2.75, 3.05) is 5.32 Å². The average Bonchev–Trinajstić information content (AvgIpc) is 3.29. The normalized spacial score (nSPS) is 17.6. The zero-order chi connectivity index (χ0) is 25.1. The van der Waals surface area contributed by atoms with Gasteiger partial charge >= 0.3 is 6.09 Å². The summed E-state index contributed by atoms with van der Waals surface area (Å²) in [5.41, 5.74) is 1.37. The first kappa shape index (κ1) is 23.7. The van der Waals surface area contributed by atoms with Gasteiger partial charge in [0.05, 0.1) is 11.7 Å². The molecule has 1 fully saturated rings. The Bertz CT molecular complexity index is 1380. The van der Waals surface area contributed by atoms with Crippen molar-refractivity contribution in [3.05, 3.63) is 77.9 Å². The topological polar surface area (TPSA) is 91.9 Å².